The van der Waals surface area contributed by atoms with Crippen LogP contribution in [0, 0.1) is 0 Å². The monoisotopic (exact) mass is 402 g/mol. The van der Waals surface area contributed by atoms with Gasteiger partial charge in [0.2, 0.25) is 0 Å². The molecule has 0 saturated carbocycles. The van der Waals surface area contributed by atoms with Gasteiger partial charge < -0.3 is 24.6 Å². The van der Waals surface area contributed by atoms with Gasteiger partial charge in [-0.15, -0.1) is 0 Å². The fourth-order valence-electron chi connectivity index (χ4n) is 3.12. The lowest BCUT2D eigenvalue weighted by atomic mass is 10.1. The first-order chi connectivity index (χ1) is 14.0. The van der Waals surface area contributed by atoms with Crippen LogP contribution in [0.15, 0.2) is 48.5 Å². The number of para-hydroxylation sites is 2. The smallest absolute Gasteiger partial charge is 0.414 e. The molecule has 8 heteroatoms. The van der Waals surface area contributed by atoms with Crippen LogP contribution in [0.1, 0.15) is 5.56 Å². The van der Waals surface area contributed by atoms with Gasteiger partial charge in [-0.25, -0.2) is 9.59 Å². The van der Waals surface area contributed by atoms with Crippen LogP contribution in [0.3, 0.4) is 0 Å². The van der Waals surface area contributed by atoms with Crippen molar-refractivity contribution in [2.45, 2.75) is 6.54 Å². The van der Waals surface area contributed by atoms with Crippen molar-refractivity contribution >= 4 is 17.6 Å². The summed E-state index contributed by atoms with van der Waals surface area (Å²) in [6, 6.07) is 16.7. The molecule has 0 amide bonds. The number of rotatable bonds is 5. The lowest BCUT2D eigenvalue weighted by Gasteiger charge is -2.36. The number of carbonyl (C=O) groups is 2. The Labute approximate surface area is 169 Å². The SMILES string of the molecule is COc1cccc(CN2CCN(c3ccccc3)CC2)c1OC.O=C(O)C(=O)O. The van der Waals surface area contributed by atoms with Gasteiger partial charge in [-0.05, 0) is 18.2 Å². The third-order valence-electron chi connectivity index (χ3n) is 4.56. The van der Waals surface area contributed by atoms with Gasteiger partial charge in [0, 0.05) is 44.0 Å². The van der Waals surface area contributed by atoms with Crippen molar-refractivity contribution in [3.8, 4) is 11.5 Å². The highest BCUT2D eigenvalue weighted by Crippen LogP contribution is 2.31. The number of carboxylic acids is 2. The van der Waals surface area contributed by atoms with Gasteiger partial charge in [0.05, 0.1) is 14.2 Å². The third-order valence-corrected chi connectivity index (χ3v) is 4.56. The Morgan fingerprint density at radius 3 is 2.00 bits per heavy atom. The standard InChI is InChI=1S/C19H24N2O2.C2H2O4/c1-22-18-10-6-7-16(19(18)23-2)15-20-11-13-21(14-12-20)17-8-4-3-5-9-17;3-1(4)2(5)6/h3-10H,11-15H2,1-2H3;(H,3,4)(H,5,6). The molecule has 2 aromatic rings. The van der Waals surface area contributed by atoms with Crippen LogP contribution in [0.2, 0.25) is 0 Å². The molecule has 29 heavy (non-hydrogen) atoms. The van der Waals surface area contributed by atoms with Crippen LogP contribution in [0.4, 0.5) is 5.69 Å². The van der Waals surface area contributed by atoms with Crippen LogP contribution < -0.4 is 14.4 Å². The Morgan fingerprint density at radius 1 is 0.862 bits per heavy atom. The summed E-state index contributed by atoms with van der Waals surface area (Å²) in [5, 5.41) is 14.8. The van der Waals surface area contributed by atoms with Gasteiger partial charge in [0.1, 0.15) is 0 Å². The lowest BCUT2D eigenvalue weighted by Crippen LogP contribution is -2.46. The Morgan fingerprint density at radius 2 is 1.48 bits per heavy atom. The Balaban J connectivity index is 0.000000438. The molecule has 1 saturated heterocycles. The average Bonchev–Trinajstić information content (AvgIpc) is 2.75. The van der Waals surface area contributed by atoms with Gasteiger partial charge in [-0.2, -0.15) is 0 Å². The van der Waals surface area contributed by atoms with Crippen molar-refractivity contribution in [2.75, 3.05) is 45.3 Å². The molecular weight excluding hydrogens is 376 g/mol. The molecule has 0 spiro atoms. The lowest BCUT2D eigenvalue weighted by molar-refractivity contribution is -0.159. The van der Waals surface area contributed by atoms with Crippen LogP contribution in [0.25, 0.3) is 0 Å². The van der Waals surface area contributed by atoms with Crippen molar-refractivity contribution < 1.29 is 29.3 Å². The number of nitrogens with zero attached hydrogens (tertiary/aromatic N) is 2. The van der Waals surface area contributed by atoms with Crippen LogP contribution >= 0.6 is 0 Å². The van der Waals surface area contributed by atoms with Crippen LogP contribution in [-0.2, 0) is 16.1 Å². The topological polar surface area (TPSA) is 99.5 Å². The molecular formula is C21H26N2O6. The normalized spacial score (nSPS) is 13.8. The average molecular weight is 402 g/mol. The minimum Gasteiger partial charge on any atom is -0.493 e. The Bertz CT molecular complexity index is 792. The van der Waals surface area contributed by atoms with Gasteiger partial charge in [-0.1, -0.05) is 30.3 Å². The van der Waals surface area contributed by atoms with Crippen molar-refractivity contribution in [1.82, 2.24) is 4.90 Å². The molecule has 156 valence electrons. The number of ether oxygens (including phenoxy) is 2. The molecule has 1 fully saturated rings. The first-order valence-corrected chi connectivity index (χ1v) is 9.14. The zero-order valence-corrected chi connectivity index (χ0v) is 16.6. The van der Waals surface area contributed by atoms with E-state index in [1.165, 1.54) is 11.3 Å². The Kier molecular flexibility index (Phi) is 8.29. The molecule has 0 bridgehead atoms. The summed E-state index contributed by atoms with van der Waals surface area (Å²) in [4.78, 5) is 23.1. The van der Waals surface area contributed by atoms with E-state index in [1.807, 2.05) is 12.1 Å². The van der Waals surface area contributed by atoms with Crippen LogP contribution in [0.5, 0.6) is 11.5 Å². The van der Waals surface area contributed by atoms with Crippen molar-refractivity contribution in [1.29, 1.82) is 0 Å². The van der Waals surface area contributed by atoms with Gasteiger partial charge in [-0.3, -0.25) is 4.90 Å². The predicted octanol–water partition coefficient (Wildman–Crippen LogP) is 2.18. The van der Waals surface area contributed by atoms with Gasteiger partial charge in [0.15, 0.2) is 11.5 Å². The molecule has 0 atom stereocenters. The summed E-state index contributed by atoms with van der Waals surface area (Å²) < 4.78 is 10.9. The molecule has 1 aliphatic rings. The number of hydrogen-bond donors (Lipinski definition) is 2. The largest absolute Gasteiger partial charge is 0.493 e. The van der Waals surface area contributed by atoms with E-state index in [0.717, 1.165) is 44.2 Å². The highest BCUT2D eigenvalue weighted by atomic mass is 16.5. The molecule has 8 nitrogen and oxygen atoms in total. The van der Waals surface area contributed by atoms with E-state index in [1.54, 1.807) is 14.2 Å². The Hall–Kier alpha value is -3.26. The summed E-state index contributed by atoms with van der Waals surface area (Å²) in [7, 11) is 3.38. The molecule has 1 aliphatic heterocycles. The third kappa shape index (κ3) is 6.39. The second-order valence-corrected chi connectivity index (χ2v) is 6.36. The van der Waals surface area contributed by atoms with E-state index < -0.39 is 11.9 Å². The minimum absolute atomic E-state index is 0.799. The maximum Gasteiger partial charge on any atom is 0.414 e. The fourth-order valence-corrected chi connectivity index (χ4v) is 3.12. The summed E-state index contributed by atoms with van der Waals surface area (Å²) in [5.41, 5.74) is 2.49. The first kappa shape index (κ1) is 22.0. The summed E-state index contributed by atoms with van der Waals surface area (Å²) >= 11 is 0. The highest BCUT2D eigenvalue weighted by molar-refractivity contribution is 6.27. The zero-order valence-electron chi connectivity index (χ0n) is 16.6. The zero-order chi connectivity index (χ0) is 21.2. The number of anilines is 1. The maximum atomic E-state index is 9.10. The summed E-state index contributed by atoms with van der Waals surface area (Å²) in [6.45, 7) is 5.10. The number of benzene rings is 2. The molecule has 0 radical (unpaired) electrons. The number of methoxy groups -OCH3 is 2. The molecule has 2 N–H and O–H groups in total. The number of hydrogen-bond acceptors (Lipinski definition) is 6. The summed E-state index contributed by atoms with van der Waals surface area (Å²) in [6.07, 6.45) is 0. The van der Waals surface area contributed by atoms with Crippen molar-refractivity contribution in [3.63, 3.8) is 0 Å². The number of piperazine rings is 1. The minimum atomic E-state index is -1.82. The van der Waals surface area contributed by atoms with E-state index in [-0.39, 0.29) is 0 Å². The molecule has 1 heterocycles. The molecule has 0 aromatic heterocycles. The molecule has 0 aliphatic carbocycles. The van der Waals surface area contributed by atoms with E-state index in [4.69, 9.17) is 29.3 Å². The maximum absolute atomic E-state index is 9.10. The fraction of sp³-hybridized carbons (Fsp3) is 0.333. The second kappa shape index (κ2) is 10.9. The van der Waals surface area contributed by atoms with Gasteiger partial charge >= 0.3 is 11.9 Å². The van der Waals surface area contributed by atoms with E-state index in [9.17, 15) is 0 Å². The quantitative estimate of drug-likeness (QED) is 0.735. The van der Waals surface area contributed by atoms with Crippen molar-refractivity contribution in [3.05, 3.63) is 54.1 Å². The second-order valence-electron chi connectivity index (χ2n) is 6.36. The molecule has 0 unspecified atom stereocenters. The summed E-state index contributed by atoms with van der Waals surface area (Å²) in [5.74, 6) is -2.00. The molecule has 3 rings (SSSR count). The first-order valence-electron chi connectivity index (χ1n) is 9.14. The number of carboxylic acid groups (broad SMARTS) is 2. The highest BCUT2D eigenvalue weighted by Gasteiger charge is 2.19. The van der Waals surface area contributed by atoms with E-state index in [0.29, 0.717) is 0 Å². The van der Waals surface area contributed by atoms with E-state index in [2.05, 4.69) is 46.2 Å². The molecule has 2 aromatic carbocycles. The van der Waals surface area contributed by atoms with Crippen molar-refractivity contribution in [2.24, 2.45) is 0 Å². The van der Waals surface area contributed by atoms with Gasteiger partial charge in [0.25, 0.3) is 0 Å². The van der Waals surface area contributed by atoms with Crippen LogP contribution in [-0.4, -0.2) is 67.5 Å². The van der Waals surface area contributed by atoms with E-state index >= 15 is 0 Å². The predicted molar refractivity (Wildman–Crippen MR) is 109 cm³/mol. The number of aliphatic carboxylic acids is 2.